The SMILES string of the molecule is COc1ccc(CNC(=O)CC[C@H]2CCCN(CCCn3cccn3)C2)c(OC)c1. The average molecular weight is 415 g/mol. The lowest BCUT2D eigenvalue weighted by Crippen LogP contribution is -2.37. The fourth-order valence-corrected chi connectivity index (χ4v) is 4.09. The highest BCUT2D eigenvalue weighted by molar-refractivity contribution is 5.75. The predicted molar refractivity (Wildman–Crippen MR) is 117 cm³/mol. The molecule has 1 amide bonds. The molecule has 0 bridgehead atoms. The number of carbonyl (C=O) groups is 1. The van der Waals surface area contributed by atoms with Crippen molar-refractivity contribution in [1.29, 1.82) is 0 Å². The largest absolute Gasteiger partial charge is 0.497 e. The number of piperidine rings is 1. The third-order valence-electron chi connectivity index (χ3n) is 5.77. The summed E-state index contributed by atoms with van der Waals surface area (Å²) in [5.74, 6) is 2.18. The first-order valence-corrected chi connectivity index (χ1v) is 10.9. The molecule has 0 spiro atoms. The Balaban J connectivity index is 1.36. The second-order valence-electron chi connectivity index (χ2n) is 7.92. The number of nitrogens with one attached hydrogen (secondary N) is 1. The number of likely N-dealkylation sites (tertiary alicyclic amines) is 1. The maximum Gasteiger partial charge on any atom is 0.220 e. The number of benzene rings is 1. The van der Waals surface area contributed by atoms with E-state index in [4.69, 9.17) is 9.47 Å². The van der Waals surface area contributed by atoms with Gasteiger partial charge in [-0.15, -0.1) is 0 Å². The molecule has 1 aliphatic rings. The van der Waals surface area contributed by atoms with Crippen LogP contribution in [-0.2, 0) is 17.9 Å². The lowest BCUT2D eigenvalue weighted by Gasteiger charge is -2.32. The van der Waals surface area contributed by atoms with Crippen LogP contribution in [-0.4, -0.2) is 54.4 Å². The first-order chi connectivity index (χ1) is 14.7. The summed E-state index contributed by atoms with van der Waals surface area (Å²) in [7, 11) is 3.26. The Kier molecular flexibility index (Phi) is 8.56. The third-order valence-corrected chi connectivity index (χ3v) is 5.77. The smallest absolute Gasteiger partial charge is 0.220 e. The van der Waals surface area contributed by atoms with Crippen LogP contribution in [0.25, 0.3) is 0 Å². The van der Waals surface area contributed by atoms with Crippen molar-refractivity contribution in [3.63, 3.8) is 0 Å². The molecule has 164 valence electrons. The molecule has 0 aliphatic carbocycles. The van der Waals surface area contributed by atoms with Crippen LogP contribution in [0.1, 0.15) is 37.7 Å². The molecule has 0 unspecified atom stereocenters. The summed E-state index contributed by atoms with van der Waals surface area (Å²) in [6.45, 7) is 4.79. The highest BCUT2D eigenvalue weighted by Crippen LogP contribution is 2.25. The minimum absolute atomic E-state index is 0.101. The molecular weight excluding hydrogens is 380 g/mol. The Morgan fingerprint density at radius 2 is 2.17 bits per heavy atom. The molecule has 2 aromatic rings. The molecule has 7 heteroatoms. The van der Waals surface area contributed by atoms with E-state index in [0.717, 1.165) is 49.5 Å². The minimum atomic E-state index is 0.101. The van der Waals surface area contributed by atoms with E-state index in [2.05, 4.69) is 15.3 Å². The van der Waals surface area contributed by atoms with E-state index in [0.29, 0.717) is 18.9 Å². The zero-order valence-electron chi connectivity index (χ0n) is 18.2. The Labute approximate surface area is 179 Å². The van der Waals surface area contributed by atoms with Gasteiger partial charge >= 0.3 is 0 Å². The molecule has 1 saturated heterocycles. The quantitative estimate of drug-likeness (QED) is 0.612. The molecule has 7 nitrogen and oxygen atoms in total. The highest BCUT2D eigenvalue weighted by atomic mass is 16.5. The van der Waals surface area contributed by atoms with Gasteiger partial charge in [0.15, 0.2) is 0 Å². The third kappa shape index (κ3) is 6.76. The lowest BCUT2D eigenvalue weighted by molar-refractivity contribution is -0.121. The fraction of sp³-hybridized carbons (Fsp3) is 0.565. The van der Waals surface area contributed by atoms with E-state index >= 15 is 0 Å². The molecule has 1 aromatic carbocycles. The van der Waals surface area contributed by atoms with Crippen LogP contribution in [0.4, 0.5) is 0 Å². The zero-order chi connectivity index (χ0) is 21.2. The number of hydrogen-bond acceptors (Lipinski definition) is 5. The first kappa shape index (κ1) is 22.2. The van der Waals surface area contributed by atoms with Crippen molar-refractivity contribution in [2.24, 2.45) is 5.92 Å². The van der Waals surface area contributed by atoms with Gasteiger partial charge < -0.3 is 19.7 Å². The summed E-state index contributed by atoms with van der Waals surface area (Å²) in [6.07, 6.45) is 8.91. The maximum atomic E-state index is 12.4. The van der Waals surface area contributed by atoms with Gasteiger partial charge in [-0.1, -0.05) is 0 Å². The summed E-state index contributed by atoms with van der Waals surface area (Å²) in [4.78, 5) is 14.9. The Hall–Kier alpha value is -2.54. The van der Waals surface area contributed by atoms with Crippen molar-refractivity contribution >= 4 is 5.91 Å². The Morgan fingerprint density at radius 3 is 2.93 bits per heavy atom. The molecule has 2 heterocycles. The van der Waals surface area contributed by atoms with E-state index in [1.54, 1.807) is 14.2 Å². The number of amides is 1. The summed E-state index contributed by atoms with van der Waals surface area (Å²) in [6, 6.07) is 7.62. The summed E-state index contributed by atoms with van der Waals surface area (Å²) in [5.41, 5.74) is 0.952. The summed E-state index contributed by atoms with van der Waals surface area (Å²) >= 11 is 0. The van der Waals surface area contributed by atoms with Crippen molar-refractivity contribution in [3.05, 3.63) is 42.2 Å². The first-order valence-electron chi connectivity index (χ1n) is 10.9. The van der Waals surface area contributed by atoms with E-state index in [1.165, 1.54) is 19.4 Å². The van der Waals surface area contributed by atoms with Gasteiger partial charge in [0.1, 0.15) is 11.5 Å². The number of aryl methyl sites for hydroxylation is 1. The van der Waals surface area contributed by atoms with Gasteiger partial charge in [-0.05, 0) is 62.9 Å². The van der Waals surface area contributed by atoms with Crippen molar-refractivity contribution in [1.82, 2.24) is 20.0 Å². The number of aromatic nitrogens is 2. The number of nitrogens with zero attached hydrogens (tertiary/aromatic N) is 3. The van der Waals surface area contributed by atoms with Crippen LogP contribution < -0.4 is 14.8 Å². The predicted octanol–water partition coefficient (Wildman–Crippen LogP) is 3.10. The van der Waals surface area contributed by atoms with Gasteiger partial charge in [0.2, 0.25) is 5.91 Å². The second-order valence-corrected chi connectivity index (χ2v) is 7.92. The minimum Gasteiger partial charge on any atom is -0.497 e. The second kappa shape index (κ2) is 11.6. The monoisotopic (exact) mass is 414 g/mol. The van der Waals surface area contributed by atoms with Crippen LogP contribution in [0, 0.1) is 5.92 Å². The van der Waals surface area contributed by atoms with Gasteiger partial charge in [0, 0.05) is 50.1 Å². The standard InChI is InChI=1S/C23H34N4O3/c1-29-21-9-8-20(22(16-21)30-2)17-24-23(28)10-7-19-6-3-12-26(18-19)13-5-15-27-14-4-11-25-27/h4,8-9,11,14,16,19H,3,5-7,10,12-13,15,17-18H2,1-2H3,(H,24,28)/t19-/m1/s1. The molecule has 1 aliphatic heterocycles. The van der Waals surface area contributed by atoms with Crippen molar-refractivity contribution < 1.29 is 14.3 Å². The van der Waals surface area contributed by atoms with E-state index in [9.17, 15) is 4.79 Å². The molecular formula is C23H34N4O3. The van der Waals surface area contributed by atoms with Gasteiger partial charge in [0.05, 0.1) is 14.2 Å². The lowest BCUT2D eigenvalue weighted by atomic mass is 9.93. The van der Waals surface area contributed by atoms with Crippen LogP contribution in [0.2, 0.25) is 0 Å². The van der Waals surface area contributed by atoms with E-state index in [-0.39, 0.29) is 5.91 Å². The van der Waals surface area contributed by atoms with Crippen LogP contribution in [0.3, 0.4) is 0 Å². The van der Waals surface area contributed by atoms with Crippen LogP contribution in [0.5, 0.6) is 11.5 Å². The number of methoxy groups -OCH3 is 2. The number of rotatable bonds is 11. The molecule has 1 N–H and O–H groups in total. The van der Waals surface area contributed by atoms with Gasteiger partial charge in [0.25, 0.3) is 0 Å². The zero-order valence-corrected chi connectivity index (χ0v) is 18.2. The Morgan fingerprint density at radius 1 is 1.27 bits per heavy atom. The molecule has 30 heavy (non-hydrogen) atoms. The van der Waals surface area contributed by atoms with Crippen LogP contribution in [0.15, 0.2) is 36.7 Å². The van der Waals surface area contributed by atoms with E-state index < -0.39 is 0 Å². The van der Waals surface area contributed by atoms with Crippen molar-refractivity contribution in [3.8, 4) is 11.5 Å². The van der Waals surface area contributed by atoms with Crippen LogP contribution >= 0.6 is 0 Å². The molecule has 0 radical (unpaired) electrons. The molecule has 1 aromatic heterocycles. The Bertz CT molecular complexity index is 779. The van der Waals surface area contributed by atoms with Gasteiger partial charge in [-0.3, -0.25) is 9.48 Å². The topological polar surface area (TPSA) is 68.6 Å². The number of hydrogen-bond donors (Lipinski definition) is 1. The highest BCUT2D eigenvalue weighted by Gasteiger charge is 2.20. The average Bonchev–Trinajstić information content (AvgIpc) is 3.30. The van der Waals surface area contributed by atoms with Gasteiger partial charge in [-0.25, -0.2) is 0 Å². The van der Waals surface area contributed by atoms with E-state index in [1.807, 2.05) is 41.3 Å². The fourth-order valence-electron chi connectivity index (χ4n) is 4.09. The summed E-state index contributed by atoms with van der Waals surface area (Å²) < 4.78 is 12.6. The normalized spacial score (nSPS) is 16.9. The van der Waals surface area contributed by atoms with Crippen molar-refractivity contribution in [2.75, 3.05) is 33.9 Å². The van der Waals surface area contributed by atoms with Crippen molar-refractivity contribution in [2.45, 2.75) is 45.2 Å². The van der Waals surface area contributed by atoms with Gasteiger partial charge in [-0.2, -0.15) is 5.10 Å². The molecule has 1 fully saturated rings. The molecule has 0 saturated carbocycles. The number of carbonyl (C=O) groups excluding carboxylic acids is 1. The summed E-state index contributed by atoms with van der Waals surface area (Å²) in [5, 5.41) is 7.29. The molecule has 1 atom stereocenters. The number of ether oxygens (including phenoxy) is 2. The maximum absolute atomic E-state index is 12.4. The molecule has 3 rings (SSSR count).